The highest BCUT2D eigenvalue weighted by molar-refractivity contribution is 5.89. The van der Waals surface area contributed by atoms with Crippen molar-refractivity contribution in [1.82, 2.24) is 10.4 Å². The Hall–Kier alpha value is -2.04. The monoisotopic (exact) mass is 339 g/mol. The van der Waals surface area contributed by atoms with E-state index in [1.54, 1.807) is 0 Å². The molecule has 2 heterocycles. The number of anilines is 1. The maximum Gasteiger partial charge on any atom is 0.0782 e. The summed E-state index contributed by atoms with van der Waals surface area (Å²) in [6.07, 6.45) is 5.18. The fourth-order valence-electron chi connectivity index (χ4n) is 3.85. The molecule has 0 saturated carbocycles. The van der Waals surface area contributed by atoms with Gasteiger partial charge in [-0.15, -0.1) is 0 Å². The lowest BCUT2D eigenvalue weighted by atomic mass is 9.89. The maximum atomic E-state index is 9.56. The fraction of sp³-hybridized carbons (Fsp3) is 0.429. The predicted octanol–water partition coefficient (Wildman–Crippen LogP) is 3.86. The van der Waals surface area contributed by atoms with Crippen LogP contribution in [-0.2, 0) is 0 Å². The summed E-state index contributed by atoms with van der Waals surface area (Å²) in [5.74, 6) is 0. The van der Waals surface area contributed by atoms with Crippen molar-refractivity contribution in [2.45, 2.75) is 53.1 Å². The van der Waals surface area contributed by atoms with E-state index in [4.69, 9.17) is 0 Å². The molecule has 0 saturated heterocycles. The van der Waals surface area contributed by atoms with E-state index in [9.17, 15) is 5.11 Å². The van der Waals surface area contributed by atoms with Gasteiger partial charge in [0.05, 0.1) is 24.0 Å². The molecule has 3 N–H and O–H groups in total. The number of H-pyrrole nitrogens is 1. The first-order valence-corrected chi connectivity index (χ1v) is 9.10. The van der Waals surface area contributed by atoms with E-state index in [1.807, 2.05) is 6.20 Å². The lowest BCUT2D eigenvalue weighted by Crippen LogP contribution is -2.51. The number of rotatable bonds is 5. The van der Waals surface area contributed by atoms with E-state index in [1.165, 1.54) is 27.8 Å². The van der Waals surface area contributed by atoms with E-state index >= 15 is 0 Å². The van der Waals surface area contributed by atoms with Crippen LogP contribution in [0, 0.1) is 20.8 Å². The highest BCUT2D eigenvalue weighted by atomic mass is 16.3. The van der Waals surface area contributed by atoms with E-state index < -0.39 is 0 Å². The number of benzene rings is 1. The minimum Gasteiger partial charge on any atom is -0.395 e. The van der Waals surface area contributed by atoms with Crippen LogP contribution in [0.15, 0.2) is 30.5 Å². The van der Waals surface area contributed by atoms with Crippen molar-refractivity contribution in [3.63, 3.8) is 0 Å². The summed E-state index contributed by atoms with van der Waals surface area (Å²) in [5, 5.41) is 11.7. The average molecular weight is 339 g/mol. The number of hydrogen-bond donors (Lipinski definition) is 3. The molecule has 0 fully saturated rings. The Bertz CT molecular complexity index is 763. The molecule has 2 aromatic rings. The molecule has 1 aliphatic rings. The van der Waals surface area contributed by atoms with Gasteiger partial charge < -0.3 is 10.1 Å². The number of aromatic nitrogens is 1. The third kappa shape index (κ3) is 3.24. The van der Waals surface area contributed by atoms with Gasteiger partial charge >= 0.3 is 0 Å². The van der Waals surface area contributed by atoms with Crippen molar-refractivity contribution in [2.75, 3.05) is 11.6 Å². The van der Waals surface area contributed by atoms with Crippen LogP contribution in [-0.4, -0.2) is 28.8 Å². The number of aryl methyl sites for hydroxylation is 3. The van der Waals surface area contributed by atoms with Gasteiger partial charge in [-0.1, -0.05) is 30.7 Å². The molecule has 25 heavy (non-hydrogen) atoms. The number of hydrazine groups is 1. The minimum atomic E-state index is 0.0583. The van der Waals surface area contributed by atoms with Crippen molar-refractivity contribution in [3.8, 4) is 0 Å². The van der Waals surface area contributed by atoms with Crippen LogP contribution in [0.4, 0.5) is 5.69 Å². The first kappa shape index (κ1) is 17.8. The van der Waals surface area contributed by atoms with Crippen molar-refractivity contribution >= 4 is 11.3 Å². The second kappa shape index (κ2) is 7.06. The molecule has 1 aromatic heterocycles. The van der Waals surface area contributed by atoms with Crippen molar-refractivity contribution in [3.05, 3.63) is 58.4 Å². The number of aliphatic hydroxyl groups excluding tert-OH is 1. The lowest BCUT2D eigenvalue weighted by molar-refractivity contribution is 0.234. The standard InChI is InChI=1S/C21H29N3O/c1-6-17(12-25)23-24-16(5)11-18(21-19(24)7-8-22-21)20-14(3)9-13(2)10-15(20)4/h7-11,16-17,22-23,25H,6,12H2,1-5H3. The third-order valence-corrected chi connectivity index (χ3v) is 5.05. The fourth-order valence-corrected chi connectivity index (χ4v) is 3.85. The molecule has 0 bridgehead atoms. The summed E-state index contributed by atoms with van der Waals surface area (Å²) in [7, 11) is 0. The van der Waals surface area contributed by atoms with Crippen LogP contribution in [0.1, 0.15) is 48.2 Å². The molecular weight excluding hydrogens is 310 g/mol. The molecular formula is C21H29N3O. The predicted molar refractivity (Wildman–Crippen MR) is 105 cm³/mol. The van der Waals surface area contributed by atoms with Gasteiger partial charge in [0.1, 0.15) is 0 Å². The van der Waals surface area contributed by atoms with Crippen LogP contribution in [0.2, 0.25) is 0 Å². The van der Waals surface area contributed by atoms with Crippen molar-refractivity contribution < 1.29 is 5.11 Å². The van der Waals surface area contributed by atoms with Crippen molar-refractivity contribution in [2.24, 2.45) is 0 Å². The Morgan fingerprint density at radius 2 is 1.92 bits per heavy atom. The molecule has 0 aliphatic carbocycles. The summed E-state index contributed by atoms with van der Waals surface area (Å²) >= 11 is 0. The first-order valence-electron chi connectivity index (χ1n) is 9.10. The molecule has 3 rings (SSSR count). The number of aliphatic hydroxyl groups is 1. The zero-order valence-electron chi connectivity index (χ0n) is 15.9. The Labute approximate surface area is 150 Å². The van der Waals surface area contributed by atoms with Crippen molar-refractivity contribution in [1.29, 1.82) is 0 Å². The Kier molecular flexibility index (Phi) is 5.02. The summed E-state index contributed by atoms with van der Waals surface area (Å²) in [6.45, 7) is 10.9. The van der Waals surface area contributed by atoms with Crippen LogP contribution in [0.5, 0.6) is 0 Å². The second-order valence-corrected chi connectivity index (χ2v) is 7.12. The van der Waals surface area contributed by atoms with Gasteiger partial charge in [0.25, 0.3) is 0 Å². The molecule has 0 amide bonds. The van der Waals surface area contributed by atoms with Gasteiger partial charge in [0.2, 0.25) is 0 Å². The summed E-state index contributed by atoms with van der Waals surface area (Å²) < 4.78 is 0. The molecule has 2 atom stereocenters. The molecule has 1 aliphatic heterocycles. The molecule has 134 valence electrons. The molecule has 4 heteroatoms. The number of nitrogens with zero attached hydrogens (tertiary/aromatic N) is 1. The van der Waals surface area contributed by atoms with Gasteiger partial charge in [-0.25, -0.2) is 5.43 Å². The quantitative estimate of drug-likeness (QED) is 0.775. The lowest BCUT2D eigenvalue weighted by Gasteiger charge is -2.37. The summed E-state index contributed by atoms with van der Waals surface area (Å²) in [4.78, 5) is 3.42. The largest absolute Gasteiger partial charge is 0.395 e. The zero-order valence-corrected chi connectivity index (χ0v) is 15.9. The van der Waals surface area contributed by atoms with Crippen LogP contribution >= 0.6 is 0 Å². The summed E-state index contributed by atoms with van der Waals surface area (Å²) in [6, 6.07) is 6.86. The third-order valence-electron chi connectivity index (χ3n) is 5.05. The highest BCUT2D eigenvalue weighted by Crippen LogP contribution is 2.38. The molecule has 2 unspecified atom stereocenters. The molecule has 4 nitrogen and oxygen atoms in total. The van der Waals surface area contributed by atoms with E-state index in [0.29, 0.717) is 0 Å². The van der Waals surface area contributed by atoms with Gasteiger partial charge in [-0.05, 0) is 56.9 Å². The molecule has 0 spiro atoms. The SMILES string of the molecule is CCC(CO)NN1c2cc[nH]c2C(c2c(C)cc(C)cc2C)=CC1C. The molecule has 0 radical (unpaired) electrons. The Morgan fingerprint density at radius 3 is 2.52 bits per heavy atom. The van der Waals surface area contributed by atoms with E-state index in [-0.39, 0.29) is 18.7 Å². The van der Waals surface area contributed by atoms with Crippen LogP contribution in [0.3, 0.4) is 0 Å². The maximum absolute atomic E-state index is 9.56. The van der Waals surface area contributed by atoms with E-state index in [2.05, 4.69) is 74.3 Å². The molecule has 1 aromatic carbocycles. The smallest absolute Gasteiger partial charge is 0.0782 e. The highest BCUT2D eigenvalue weighted by Gasteiger charge is 2.28. The minimum absolute atomic E-state index is 0.0583. The van der Waals surface area contributed by atoms with Gasteiger partial charge in [-0.3, -0.25) is 5.01 Å². The van der Waals surface area contributed by atoms with Gasteiger partial charge in [-0.2, -0.15) is 0 Å². The van der Waals surface area contributed by atoms with Crippen LogP contribution in [0.25, 0.3) is 5.57 Å². The average Bonchev–Trinajstić information content (AvgIpc) is 3.03. The summed E-state index contributed by atoms with van der Waals surface area (Å²) in [5.41, 5.74) is 12.2. The number of fused-ring (bicyclic) bond motifs is 1. The number of aromatic amines is 1. The number of nitrogens with one attached hydrogen (secondary N) is 2. The van der Waals surface area contributed by atoms with E-state index in [0.717, 1.165) is 17.8 Å². The zero-order chi connectivity index (χ0) is 18.1. The first-order chi connectivity index (χ1) is 12.0. The van der Waals surface area contributed by atoms with Gasteiger partial charge in [0.15, 0.2) is 0 Å². The normalized spacial score (nSPS) is 18.1. The van der Waals surface area contributed by atoms with Gasteiger partial charge in [0, 0.05) is 17.8 Å². The second-order valence-electron chi connectivity index (χ2n) is 7.12. The number of hydrogen-bond acceptors (Lipinski definition) is 3. The Morgan fingerprint density at radius 1 is 1.24 bits per heavy atom. The Balaban J connectivity index is 2.05. The topological polar surface area (TPSA) is 51.3 Å². The van der Waals surface area contributed by atoms with Crippen LogP contribution < -0.4 is 10.4 Å².